The van der Waals surface area contributed by atoms with E-state index in [0.717, 1.165) is 5.69 Å². The molecule has 0 saturated heterocycles. The number of carbonyl (C=O) groups is 1. The Morgan fingerprint density at radius 1 is 1.29 bits per heavy atom. The Bertz CT molecular complexity index is 382. The lowest BCUT2D eigenvalue weighted by Gasteiger charge is -2.20. The van der Waals surface area contributed by atoms with Crippen molar-refractivity contribution in [1.29, 1.82) is 0 Å². The number of nitrogens with one attached hydrogen (secondary N) is 1. The summed E-state index contributed by atoms with van der Waals surface area (Å²) in [6.45, 7) is 7.95. The Morgan fingerprint density at radius 2 is 1.82 bits per heavy atom. The standard InChI is InChI=1S/C14H20ClNO/c1-10(2)11-5-7-12(8-6-11)16-13(17)14(3,4)9-15/h5-8,10H,9H2,1-4H3,(H,16,17). The fourth-order valence-electron chi connectivity index (χ4n) is 1.31. The molecule has 0 aliphatic heterocycles. The van der Waals surface area contributed by atoms with Crippen LogP contribution in [0.2, 0.25) is 0 Å². The van der Waals surface area contributed by atoms with E-state index in [9.17, 15) is 4.79 Å². The summed E-state index contributed by atoms with van der Waals surface area (Å²) < 4.78 is 0. The van der Waals surface area contributed by atoms with Crippen molar-refractivity contribution in [3.05, 3.63) is 29.8 Å². The van der Waals surface area contributed by atoms with Crippen LogP contribution in [0, 0.1) is 5.41 Å². The van der Waals surface area contributed by atoms with Crippen LogP contribution in [-0.2, 0) is 4.79 Å². The summed E-state index contributed by atoms with van der Waals surface area (Å²) in [4.78, 5) is 11.9. The zero-order valence-electron chi connectivity index (χ0n) is 10.9. The fraction of sp³-hybridized carbons (Fsp3) is 0.500. The van der Waals surface area contributed by atoms with Gasteiger partial charge in [0.15, 0.2) is 0 Å². The highest BCUT2D eigenvalue weighted by Gasteiger charge is 2.26. The third-order valence-corrected chi connectivity index (χ3v) is 3.45. The molecule has 0 aliphatic carbocycles. The van der Waals surface area contributed by atoms with Crippen LogP contribution in [0.15, 0.2) is 24.3 Å². The lowest BCUT2D eigenvalue weighted by atomic mass is 9.95. The highest BCUT2D eigenvalue weighted by Crippen LogP contribution is 2.21. The van der Waals surface area contributed by atoms with Crippen molar-refractivity contribution in [1.82, 2.24) is 0 Å². The largest absolute Gasteiger partial charge is 0.326 e. The number of halogens is 1. The Balaban J connectivity index is 2.73. The van der Waals surface area contributed by atoms with Crippen molar-refractivity contribution >= 4 is 23.2 Å². The van der Waals surface area contributed by atoms with E-state index < -0.39 is 5.41 Å². The molecule has 94 valence electrons. The second kappa shape index (κ2) is 5.54. The second-order valence-electron chi connectivity index (χ2n) is 5.25. The lowest BCUT2D eigenvalue weighted by Crippen LogP contribution is -2.32. The molecule has 1 amide bonds. The maximum Gasteiger partial charge on any atom is 0.231 e. The van der Waals surface area contributed by atoms with Gasteiger partial charge < -0.3 is 5.32 Å². The van der Waals surface area contributed by atoms with Gasteiger partial charge in [-0.15, -0.1) is 11.6 Å². The molecule has 0 atom stereocenters. The van der Waals surface area contributed by atoms with Gasteiger partial charge in [-0.1, -0.05) is 26.0 Å². The molecule has 0 aliphatic rings. The van der Waals surface area contributed by atoms with E-state index in [4.69, 9.17) is 11.6 Å². The van der Waals surface area contributed by atoms with Gasteiger partial charge in [0.1, 0.15) is 0 Å². The average molecular weight is 254 g/mol. The van der Waals surface area contributed by atoms with Gasteiger partial charge in [-0.3, -0.25) is 4.79 Å². The molecule has 1 aromatic carbocycles. The molecule has 1 N–H and O–H groups in total. The zero-order valence-corrected chi connectivity index (χ0v) is 11.6. The number of rotatable bonds is 4. The Labute approximate surface area is 108 Å². The summed E-state index contributed by atoms with van der Waals surface area (Å²) in [6.07, 6.45) is 0. The van der Waals surface area contributed by atoms with Crippen molar-refractivity contribution in [3.63, 3.8) is 0 Å². The van der Waals surface area contributed by atoms with Crippen molar-refractivity contribution < 1.29 is 4.79 Å². The van der Waals surface area contributed by atoms with Crippen molar-refractivity contribution in [2.45, 2.75) is 33.6 Å². The molecular formula is C14H20ClNO. The summed E-state index contributed by atoms with van der Waals surface area (Å²) >= 11 is 5.76. The molecule has 0 spiro atoms. The van der Waals surface area contributed by atoms with Crippen LogP contribution in [0.1, 0.15) is 39.2 Å². The smallest absolute Gasteiger partial charge is 0.231 e. The summed E-state index contributed by atoms with van der Waals surface area (Å²) in [7, 11) is 0. The van der Waals surface area contributed by atoms with Crippen LogP contribution in [0.3, 0.4) is 0 Å². The van der Waals surface area contributed by atoms with Gasteiger partial charge in [0.25, 0.3) is 0 Å². The lowest BCUT2D eigenvalue weighted by molar-refractivity contribution is -0.122. The van der Waals surface area contributed by atoms with E-state index in [1.54, 1.807) is 0 Å². The first kappa shape index (κ1) is 14.0. The Hall–Kier alpha value is -1.02. The fourth-order valence-corrected chi connectivity index (χ4v) is 1.43. The van der Waals surface area contributed by atoms with Crippen molar-refractivity contribution in [3.8, 4) is 0 Å². The minimum Gasteiger partial charge on any atom is -0.326 e. The Kier molecular flexibility index (Phi) is 4.58. The molecule has 0 saturated carbocycles. The second-order valence-corrected chi connectivity index (χ2v) is 5.52. The van der Waals surface area contributed by atoms with Crippen LogP contribution in [0.4, 0.5) is 5.69 Å². The highest BCUT2D eigenvalue weighted by atomic mass is 35.5. The maximum atomic E-state index is 11.9. The van der Waals surface area contributed by atoms with Gasteiger partial charge in [-0.05, 0) is 37.5 Å². The van der Waals surface area contributed by atoms with Crippen molar-refractivity contribution in [2.75, 3.05) is 11.2 Å². The van der Waals surface area contributed by atoms with Crippen molar-refractivity contribution in [2.24, 2.45) is 5.41 Å². The van der Waals surface area contributed by atoms with Gasteiger partial charge in [0.05, 0.1) is 5.41 Å². The number of carbonyl (C=O) groups excluding carboxylic acids is 1. The number of alkyl halides is 1. The van der Waals surface area contributed by atoms with Gasteiger partial charge >= 0.3 is 0 Å². The monoisotopic (exact) mass is 253 g/mol. The third-order valence-electron chi connectivity index (χ3n) is 2.78. The molecule has 1 aromatic rings. The van der Waals surface area contributed by atoms with Crippen LogP contribution in [0.5, 0.6) is 0 Å². The number of hydrogen-bond donors (Lipinski definition) is 1. The molecule has 0 aromatic heterocycles. The predicted molar refractivity (Wildman–Crippen MR) is 73.7 cm³/mol. The Morgan fingerprint density at radius 3 is 2.24 bits per heavy atom. The first-order valence-corrected chi connectivity index (χ1v) is 6.37. The first-order chi connectivity index (χ1) is 7.86. The van der Waals surface area contributed by atoms with Gasteiger partial charge in [0.2, 0.25) is 5.91 Å². The SMILES string of the molecule is CC(C)c1ccc(NC(=O)C(C)(C)CCl)cc1. The van der Waals surface area contributed by atoms with E-state index in [0.29, 0.717) is 11.8 Å². The van der Waals surface area contributed by atoms with E-state index in [1.165, 1.54) is 5.56 Å². The summed E-state index contributed by atoms with van der Waals surface area (Å²) in [5, 5.41) is 2.88. The van der Waals surface area contributed by atoms with E-state index in [2.05, 4.69) is 19.2 Å². The molecule has 0 unspecified atom stereocenters. The molecular weight excluding hydrogens is 234 g/mol. The highest BCUT2D eigenvalue weighted by molar-refractivity contribution is 6.20. The van der Waals surface area contributed by atoms with Crippen LogP contribution in [-0.4, -0.2) is 11.8 Å². The average Bonchev–Trinajstić information content (AvgIpc) is 2.29. The topological polar surface area (TPSA) is 29.1 Å². The minimum absolute atomic E-state index is 0.0511. The number of amides is 1. The van der Waals surface area contributed by atoms with Gasteiger partial charge in [-0.25, -0.2) is 0 Å². The molecule has 3 heteroatoms. The maximum absolute atomic E-state index is 11.9. The van der Waals surface area contributed by atoms with E-state index >= 15 is 0 Å². The van der Waals surface area contributed by atoms with Gasteiger partial charge in [0, 0.05) is 11.6 Å². The summed E-state index contributed by atoms with van der Waals surface area (Å²) in [5.41, 5.74) is 1.54. The molecule has 0 fully saturated rings. The molecule has 17 heavy (non-hydrogen) atoms. The summed E-state index contributed by atoms with van der Waals surface area (Å²) in [5.74, 6) is 0.756. The molecule has 0 bridgehead atoms. The number of anilines is 1. The third kappa shape index (κ3) is 3.74. The van der Waals surface area contributed by atoms with Crippen LogP contribution < -0.4 is 5.32 Å². The van der Waals surface area contributed by atoms with Gasteiger partial charge in [-0.2, -0.15) is 0 Å². The summed E-state index contributed by atoms with van der Waals surface area (Å²) in [6, 6.07) is 7.93. The molecule has 2 nitrogen and oxygen atoms in total. The van der Waals surface area contributed by atoms with E-state index in [1.807, 2.05) is 38.1 Å². The first-order valence-electron chi connectivity index (χ1n) is 5.84. The zero-order chi connectivity index (χ0) is 13.1. The quantitative estimate of drug-likeness (QED) is 0.807. The number of hydrogen-bond acceptors (Lipinski definition) is 1. The predicted octanol–water partition coefficient (Wildman–Crippen LogP) is 4.01. The molecule has 0 radical (unpaired) electrons. The molecule has 1 rings (SSSR count). The minimum atomic E-state index is -0.543. The molecule has 0 heterocycles. The van der Waals surface area contributed by atoms with Crippen LogP contribution >= 0.6 is 11.6 Å². The normalized spacial score (nSPS) is 11.6. The number of benzene rings is 1. The van der Waals surface area contributed by atoms with Crippen LogP contribution in [0.25, 0.3) is 0 Å². The van der Waals surface area contributed by atoms with E-state index in [-0.39, 0.29) is 5.91 Å².